The molecule has 2 aromatic carbocycles. The number of carboxylic acid groups (broad SMARTS) is 1. The lowest BCUT2D eigenvalue weighted by atomic mass is 10.1. The van der Waals surface area contributed by atoms with Gasteiger partial charge in [-0.25, -0.2) is 14.8 Å². The topological polar surface area (TPSA) is 95.3 Å². The molecule has 0 aliphatic heterocycles. The Kier molecular flexibility index (Phi) is 3.98. The molecule has 2 heterocycles. The van der Waals surface area contributed by atoms with E-state index >= 15 is 0 Å². The number of fused-ring (bicyclic) bond motifs is 1. The summed E-state index contributed by atoms with van der Waals surface area (Å²) in [7, 11) is 0. The molecule has 6 nitrogen and oxygen atoms in total. The first-order valence-corrected chi connectivity index (χ1v) is 8.62. The van der Waals surface area contributed by atoms with Crippen LogP contribution in [0.25, 0.3) is 21.3 Å². The number of aromatic hydroxyl groups is 1. The number of hydrogen-bond acceptors (Lipinski definition) is 6. The second kappa shape index (κ2) is 6.45. The average Bonchev–Trinajstić information content (AvgIpc) is 3.07. The van der Waals surface area contributed by atoms with E-state index in [9.17, 15) is 9.90 Å². The van der Waals surface area contributed by atoms with E-state index in [2.05, 4.69) is 15.3 Å². The zero-order valence-electron chi connectivity index (χ0n) is 13.4. The molecule has 0 amide bonds. The first-order chi connectivity index (χ1) is 12.6. The Balaban J connectivity index is 1.79. The van der Waals surface area contributed by atoms with Crippen molar-refractivity contribution in [1.82, 2.24) is 9.97 Å². The zero-order valence-corrected chi connectivity index (χ0v) is 14.2. The highest BCUT2D eigenvalue weighted by Crippen LogP contribution is 2.37. The maximum atomic E-state index is 11.0. The summed E-state index contributed by atoms with van der Waals surface area (Å²) in [5.41, 5.74) is 2.46. The highest BCUT2D eigenvalue weighted by atomic mass is 32.1. The number of nitrogens with one attached hydrogen (secondary N) is 1. The molecule has 0 saturated heterocycles. The van der Waals surface area contributed by atoms with E-state index in [1.54, 1.807) is 6.07 Å². The third-order valence-corrected chi connectivity index (χ3v) is 4.83. The van der Waals surface area contributed by atoms with Crippen molar-refractivity contribution in [3.63, 3.8) is 0 Å². The molecule has 0 bridgehead atoms. The maximum absolute atomic E-state index is 11.0. The first-order valence-electron chi connectivity index (χ1n) is 7.74. The van der Waals surface area contributed by atoms with Gasteiger partial charge in [-0.1, -0.05) is 30.3 Å². The summed E-state index contributed by atoms with van der Waals surface area (Å²) < 4.78 is 0. The number of nitrogens with zero attached hydrogens (tertiary/aromatic N) is 2. The number of thiophene rings is 1. The minimum atomic E-state index is -1.18. The summed E-state index contributed by atoms with van der Waals surface area (Å²) in [4.78, 5) is 20.5. The number of phenols is 1. The van der Waals surface area contributed by atoms with E-state index in [0.717, 1.165) is 21.3 Å². The molecular weight excluding hydrogens is 350 g/mol. The van der Waals surface area contributed by atoms with Gasteiger partial charge in [-0.3, -0.25) is 0 Å². The second-order valence-corrected chi connectivity index (χ2v) is 6.44. The quantitative estimate of drug-likeness (QED) is 0.494. The van der Waals surface area contributed by atoms with Crippen molar-refractivity contribution in [3.05, 3.63) is 65.8 Å². The van der Waals surface area contributed by atoms with Gasteiger partial charge in [0, 0.05) is 22.7 Å². The highest BCUT2D eigenvalue weighted by molar-refractivity contribution is 7.17. The van der Waals surface area contributed by atoms with Crippen LogP contribution in [0.15, 0.2) is 60.2 Å². The van der Waals surface area contributed by atoms with E-state index < -0.39 is 5.97 Å². The van der Waals surface area contributed by atoms with E-state index in [0.29, 0.717) is 11.5 Å². The molecule has 0 fully saturated rings. The number of carbonyl (C=O) groups is 1. The molecule has 4 rings (SSSR count). The Hall–Kier alpha value is -3.45. The molecule has 2 aromatic heterocycles. The van der Waals surface area contributed by atoms with Crippen LogP contribution < -0.4 is 5.32 Å². The Morgan fingerprint density at radius 3 is 2.62 bits per heavy atom. The predicted molar refractivity (Wildman–Crippen MR) is 101 cm³/mol. The smallest absolute Gasteiger partial charge is 0.339 e. The van der Waals surface area contributed by atoms with E-state index in [1.807, 2.05) is 35.7 Å². The van der Waals surface area contributed by atoms with Gasteiger partial charge in [-0.05, 0) is 17.7 Å². The molecule has 7 heteroatoms. The Labute approximate surface area is 152 Å². The highest BCUT2D eigenvalue weighted by Gasteiger charge is 2.14. The number of anilines is 2. The van der Waals surface area contributed by atoms with Crippen LogP contribution in [0.4, 0.5) is 11.5 Å². The van der Waals surface area contributed by atoms with Crippen LogP contribution in [0.3, 0.4) is 0 Å². The van der Waals surface area contributed by atoms with Crippen LogP contribution in [-0.4, -0.2) is 26.2 Å². The van der Waals surface area contributed by atoms with Crippen LogP contribution >= 0.6 is 11.3 Å². The van der Waals surface area contributed by atoms with E-state index in [1.165, 1.54) is 29.8 Å². The van der Waals surface area contributed by atoms with Crippen LogP contribution in [-0.2, 0) is 0 Å². The summed E-state index contributed by atoms with van der Waals surface area (Å²) in [6, 6.07) is 14.2. The van der Waals surface area contributed by atoms with E-state index in [4.69, 9.17) is 5.11 Å². The third kappa shape index (κ3) is 2.84. The van der Waals surface area contributed by atoms with Gasteiger partial charge < -0.3 is 15.5 Å². The van der Waals surface area contributed by atoms with Crippen LogP contribution in [0, 0.1) is 0 Å². The van der Waals surface area contributed by atoms with Gasteiger partial charge in [-0.15, -0.1) is 11.3 Å². The van der Waals surface area contributed by atoms with Gasteiger partial charge in [0.15, 0.2) is 0 Å². The molecule has 0 spiro atoms. The van der Waals surface area contributed by atoms with Crippen molar-refractivity contribution in [2.45, 2.75) is 0 Å². The van der Waals surface area contributed by atoms with Gasteiger partial charge in [0.05, 0.1) is 5.39 Å². The molecule has 0 radical (unpaired) electrons. The first kappa shape index (κ1) is 16.0. The average molecular weight is 363 g/mol. The lowest BCUT2D eigenvalue weighted by Crippen LogP contribution is -1.99. The van der Waals surface area contributed by atoms with Gasteiger partial charge in [-0.2, -0.15) is 0 Å². The molecule has 3 N–H and O–H groups in total. The van der Waals surface area contributed by atoms with E-state index in [-0.39, 0.29) is 11.3 Å². The third-order valence-electron chi connectivity index (χ3n) is 3.95. The lowest BCUT2D eigenvalue weighted by Gasteiger charge is -2.09. The molecule has 0 saturated carbocycles. The number of rotatable bonds is 4. The number of carboxylic acids is 1. The second-order valence-electron chi connectivity index (χ2n) is 5.58. The number of hydrogen-bond donors (Lipinski definition) is 3. The molecule has 0 aliphatic rings. The summed E-state index contributed by atoms with van der Waals surface area (Å²) in [6.07, 6.45) is 1.47. The maximum Gasteiger partial charge on any atom is 0.339 e. The van der Waals surface area contributed by atoms with Gasteiger partial charge in [0.2, 0.25) is 0 Å². The van der Waals surface area contributed by atoms with Crippen LogP contribution in [0.2, 0.25) is 0 Å². The van der Waals surface area contributed by atoms with Gasteiger partial charge >= 0.3 is 5.97 Å². The summed E-state index contributed by atoms with van der Waals surface area (Å²) in [5, 5.41) is 25.0. The van der Waals surface area contributed by atoms with Crippen molar-refractivity contribution in [3.8, 4) is 16.9 Å². The van der Waals surface area contributed by atoms with Gasteiger partial charge in [0.1, 0.15) is 28.3 Å². The van der Waals surface area contributed by atoms with Crippen LogP contribution in [0.1, 0.15) is 10.4 Å². The number of aromatic nitrogens is 2. The predicted octanol–water partition coefficient (Wildman–Crippen LogP) is 4.51. The van der Waals surface area contributed by atoms with Crippen molar-refractivity contribution < 1.29 is 15.0 Å². The van der Waals surface area contributed by atoms with Crippen molar-refractivity contribution >= 4 is 39.0 Å². The fourth-order valence-electron chi connectivity index (χ4n) is 2.73. The van der Waals surface area contributed by atoms with Crippen molar-refractivity contribution in [1.29, 1.82) is 0 Å². The van der Waals surface area contributed by atoms with Crippen molar-refractivity contribution in [2.75, 3.05) is 5.32 Å². The molecule has 0 unspecified atom stereocenters. The zero-order chi connectivity index (χ0) is 18.1. The molecule has 26 heavy (non-hydrogen) atoms. The monoisotopic (exact) mass is 363 g/mol. The SMILES string of the molecule is O=C(O)c1ccc(Nc2ncnc3scc(-c4ccccc4)c23)cc1O. The Bertz CT molecular complexity index is 1110. The summed E-state index contributed by atoms with van der Waals surface area (Å²) in [6.45, 7) is 0. The normalized spacial score (nSPS) is 10.8. The fraction of sp³-hybridized carbons (Fsp3) is 0. The standard InChI is InChI=1S/C19H13N3O3S/c23-15-8-12(6-7-13(15)19(24)25)22-17-16-14(11-4-2-1-3-5-11)9-26-18(16)21-10-20-17/h1-10,23H,(H,24,25)(H,20,21,22). The molecule has 128 valence electrons. The Morgan fingerprint density at radius 2 is 1.88 bits per heavy atom. The summed E-state index contributed by atoms with van der Waals surface area (Å²) >= 11 is 1.52. The minimum Gasteiger partial charge on any atom is -0.507 e. The fourth-order valence-corrected chi connectivity index (χ4v) is 3.64. The van der Waals surface area contributed by atoms with Crippen LogP contribution in [0.5, 0.6) is 5.75 Å². The minimum absolute atomic E-state index is 0.149. The molecular formula is C19H13N3O3S. The van der Waals surface area contributed by atoms with Crippen molar-refractivity contribution in [2.24, 2.45) is 0 Å². The van der Waals surface area contributed by atoms with Gasteiger partial charge in [0.25, 0.3) is 0 Å². The number of aromatic carboxylic acids is 1. The largest absolute Gasteiger partial charge is 0.507 e. The summed E-state index contributed by atoms with van der Waals surface area (Å²) in [5.74, 6) is -0.887. The lowest BCUT2D eigenvalue weighted by molar-refractivity contribution is 0.0694. The molecule has 0 aliphatic carbocycles. The number of benzene rings is 2. The molecule has 0 atom stereocenters. The molecule has 4 aromatic rings. The Morgan fingerprint density at radius 1 is 1.08 bits per heavy atom.